The maximum absolute atomic E-state index is 12.6. The highest BCUT2D eigenvalue weighted by Crippen LogP contribution is 2.24. The predicted molar refractivity (Wildman–Crippen MR) is 98.2 cm³/mol. The van der Waals surface area contributed by atoms with Gasteiger partial charge in [0.05, 0.1) is 5.75 Å². The van der Waals surface area contributed by atoms with Crippen LogP contribution in [0.3, 0.4) is 0 Å². The zero-order valence-electron chi connectivity index (χ0n) is 15.4. The molecule has 0 aromatic heterocycles. The van der Waals surface area contributed by atoms with Gasteiger partial charge in [-0.05, 0) is 50.3 Å². The molecule has 1 amide bonds. The maximum Gasteiger partial charge on any atom is 0.330 e. The number of amides is 1. The first kappa shape index (κ1) is 20.4. The van der Waals surface area contributed by atoms with Crippen LogP contribution in [0.25, 0.3) is 0 Å². The van der Waals surface area contributed by atoms with Crippen molar-refractivity contribution in [2.45, 2.75) is 39.7 Å². The Morgan fingerprint density at radius 3 is 2.42 bits per heavy atom. The van der Waals surface area contributed by atoms with Gasteiger partial charge in [0.25, 0.3) is 0 Å². The van der Waals surface area contributed by atoms with Crippen molar-refractivity contribution in [3.63, 3.8) is 0 Å². The third kappa shape index (κ3) is 4.42. The smallest absolute Gasteiger partial charge is 0.330 e. The molecule has 1 aromatic carbocycles. The Morgan fingerprint density at radius 1 is 1.27 bits per heavy atom. The molecule has 2 rings (SSSR count). The molecule has 7 nitrogen and oxygen atoms in total. The molecule has 1 aliphatic heterocycles. The lowest BCUT2D eigenvalue weighted by molar-refractivity contribution is -0.143. The van der Waals surface area contributed by atoms with Crippen LogP contribution < -0.4 is 5.32 Å². The number of aliphatic carboxylic acids is 1. The van der Waals surface area contributed by atoms with E-state index in [2.05, 4.69) is 5.32 Å². The van der Waals surface area contributed by atoms with Crippen molar-refractivity contribution in [2.75, 3.05) is 18.8 Å². The molecular weight excluding hydrogens is 356 g/mol. The summed E-state index contributed by atoms with van der Waals surface area (Å²) in [6.45, 7) is 5.89. The summed E-state index contributed by atoms with van der Waals surface area (Å²) >= 11 is 0. The zero-order chi connectivity index (χ0) is 19.5. The number of nitrogens with one attached hydrogen (secondary N) is 1. The number of aryl methyl sites for hydroxylation is 1. The molecule has 0 bridgehead atoms. The number of nitrogens with zero attached hydrogens (tertiary/aromatic N) is 1. The third-order valence-corrected chi connectivity index (χ3v) is 6.96. The Labute approximate surface area is 154 Å². The van der Waals surface area contributed by atoms with Gasteiger partial charge in [-0.3, -0.25) is 4.79 Å². The van der Waals surface area contributed by atoms with Crippen LogP contribution in [0.4, 0.5) is 0 Å². The average molecular weight is 382 g/mol. The number of carboxylic acids is 1. The number of sulfonamides is 1. The number of rotatable bonds is 6. The first-order valence-electron chi connectivity index (χ1n) is 8.74. The number of carbonyl (C=O) groups excluding carboxylic acids is 1. The van der Waals surface area contributed by atoms with E-state index in [0.717, 1.165) is 11.1 Å². The summed E-state index contributed by atoms with van der Waals surface area (Å²) in [5.74, 6) is -1.80. The molecule has 8 heteroatoms. The average Bonchev–Trinajstić information content (AvgIpc) is 2.62. The highest BCUT2D eigenvalue weighted by atomic mass is 32.2. The molecule has 0 radical (unpaired) electrons. The fraction of sp³-hybridized carbons (Fsp3) is 0.556. The Hall–Kier alpha value is -1.93. The van der Waals surface area contributed by atoms with Crippen molar-refractivity contribution >= 4 is 21.9 Å². The number of benzene rings is 1. The Morgan fingerprint density at radius 2 is 1.88 bits per heavy atom. The van der Waals surface area contributed by atoms with E-state index in [0.29, 0.717) is 18.4 Å². The summed E-state index contributed by atoms with van der Waals surface area (Å²) in [6, 6.07) is 4.26. The van der Waals surface area contributed by atoms with Crippen LogP contribution in [0, 0.1) is 19.8 Å². The molecule has 1 atom stereocenters. The summed E-state index contributed by atoms with van der Waals surface area (Å²) in [5.41, 5.74) is 2.36. The topological polar surface area (TPSA) is 104 Å². The second kappa shape index (κ2) is 8.18. The van der Waals surface area contributed by atoms with Gasteiger partial charge in [-0.2, -0.15) is 0 Å². The monoisotopic (exact) mass is 382 g/mol. The Balaban J connectivity index is 2.08. The number of hydrogen-bond acceptors (Lipinski definition) is 4. The molecule has 2 N–H and O–H groups in total. The fourth-order valence-electron chi connectivity index (χ4n) is 3.20. The lowest BCUT2D eigenvalue weighted by Gasteiger charge is -2.31. The molecule has 0 saturated carbocycles. The normalized spacial score (nSPS) is 17.7. The number of carboxylic acid groups (broad SMARTS) is 1. The van der Waals surface area contributed by atoms with Gasteiger partial charge < -0.3 is 10.4 Å². The van der Waals surface area contributed by atoms with Gasteiger partial charge in [-0.1, -0.05) is 18.2 Å². The van der Waals surface area contributed by atoms with Gasteiger partial charge in [0.2, 0.25) is 15.9 Å². The Bertz CT molecular complexity index is 783. The molecular formula is C18H26N2O5S. The van der Waals surface area contributed by atoms with Gasteiger partial charge in [-0.15, -0.1) is 0 Å². The van der Waals surface area contributed by atoms with Crippen LogP contribution in [0.5, 0.6) is 0 Å². The van der Waals surface area contributed by atoms with E-state index in [9.17, 15) is 23.1 Å². The van der Waals surface area contributed by atoms with Crippen molar-refractivity contribution in [3.8, 4) is 0 Å². The molecule has 1 saturated heterocycles. The van der Waals surface area contributed by atoms with Gasteiger partial charge >= 0.3 is 5.97 Å². The van der Waals surface area contributed by atoms with Crippen molar-refractivity contribution in [1.29, 1.82) is 0 Å². The van der Waals surface area contributed by atoms with E-state index >= 15 is 0 Å². The second-order valence-electron chi connectivity index (χ2n) is 6.64. The van der Waals surface area contributed by atoms with E-state index in [4.69, 9.17) is 0 Å². The minimum atomic E-state index is -3.25. The van der Waals surface area contributed by atoms with Gasteiger partial charge in [0.15, 0.2) is 6.04 Å². The molecule has 0 aliphatic carbocycles. The molecule has 1 aliphatic rings. The van der Waals surface area contributed by atoms with Crippen LogP contribution in [-0.4, -0.2) is 48.5 Å². The van der Waals surface area contributed by atoms with Crippen LogP contribution >= 0.6 is 0 Å². The highest BCUT2D eigenvalue weighted by molar-refractivity contribution is 7.89. The van der Waals surface area contributed by atoms with E-state index in [-0.39, 0.29) is 30.7 Å². The minimum Gasteiger partial charge on any atom is -0.479 e. The highest BCUT2D eigenvalue weighted by Gasteiger charge is 2.32. The molecule has 1 fully saturated rings. The molecule has 0 spiro atoms. The summed E-state index contributed by atoms with van der Waals surface area (Å²) < 4.78 is 25.2. The first-order chi connectivity index (χ1) is 12.2. The number of hydrogen-bond donors (Lipinski definition) is 2. The fourth-order valence-corrected chi connectivity index (χ4v) is 4.33. The van der Waals surface area contributed by atoms with Gasteiger partial charge in [-0.25, -0.2) is 17.5 Å². The summed E-state index contributed by atoms with van der Waals surface area (Å²) in [4.78, 5) is 24.3. The summed E-state index contributed by atoms with van der Waals surface area (Å²) in [6.07, 6.45) is 0.786. The molecule has 1 unspecified atom stereocenters. The van der Waals surface area contributed by atoms with Crippen LogP contribution in [0.2, 0.25) is 0 Å². The minimum absolute atomic E-state index is 0.0393. The predicted octanol–water partition coefficient (Wildman–Crippen LogP) is 1.61. The van der Waals surface area contributed by atoms with Crippen molar-refractivity contribution in [1.82, 2.24) is 9.62 Å². The van der Waals surface area contributed by atoms with Crippen molar-refractivity contribution in [2.24, 2.45) is 5.92 Å². The molecule has 1 aromatic rings. The van der Waals surface area contributed by atoms with Crippen LogP contribution in [0.15, 0.2) is 18.2 Å². The van der Waals surface area contributed by atoms with E-state index in [1.807, 2.05) is 19.9 Å². The quantitative estimate of drug-likeness (QED) is 0.778. The molecule has 26 heavy (non-hydrogen) atoms. The van der Waals surface area contributed by atoms with Crippen LogP contribution in [0.1, 0.15) is 42.5 Å². The maximum atomic E-state index is 12.6. The summed E-state index contributed by atoms with van der Waals surface area (Å²) in [7, 11) is -3.25. The SMILES string of the molecule is CCS(=O)(=O)N1CCC(C(=O)NC(C(=O)O)c2cccc(C)c2C)CC1. The van der Waals surface area contributed by atoms with Crippen molar-refractivity contribution < 1.29 is 23.1 Å². The van der Waals surface area contributed by atoms with E-state index in [1.54, 1.807) is 19.1 Å². The Kier molecular flexibility index (Phi) is 6.41. The van der Waals surface area contributed by atoms with E-state index in [1.165, 1.54) is 4.31 Å². The zero-order valence-corrected chi connectivity index (χ0v) is 16.2. The first-order valence-corrected chi connectivity index (χ1v) is 10.4. The van der Waals surface area contributed by atoms with Crippen molar-refractivity contribution in [3.05, 3.63) is 34.9 Å². The van der Waals surface area contributed by atoms with E-state index < -0.39 is 22.0 Å². The summed E-state index contributed by atoms with van der Waals surface area (Å²) in [5, 5.41) is 12.2. The number of piperidine rings is 1. The molecule has 1 heterocycles. The number of carbonyl (C=O) groups is 2. The third-order valence-electron chi connectivity index (χ3n) is 5.07. The lowest BCUT2D eigenvalue weighted by atomic mass is 9.94. The lowest BCUT2D eigenvalue weighted by Crippen LogP contribution is -2.45. The van der Waals surface area contributed by atoms with Gasteiger partial charge in [0.1, 0.15) is 0 Å². The second-order valence-corrected chi connectivity index (χ2v) is 8.90. The largest absolute Gasteiger partial charge is 0.479 e. The standard InChI is InChI=1S/C18H26N2O5S/c1-4-26(24,25)20-10-8-14(9-11-20)17(21)19-16(18(22)23)15-7-5-6-12(2)13(15)3/h5-7,14,16H,4,8-11H2,1-3H3,(H,19,21)(H,22,23). The van der Waals surface area contributed by atoms with Gasteiger partial charge in [0, 0.05) is 19.0 Å². The molecule has 144 valence electrons. The van der Waals surface area contributed by atoms with Crippen LogP contribution in [-0.2, 0) is 19.6 Å².